The second-order valence-electron chi connectivity index (χ2n) is 4.05. The van der Waals surface area contributed by atoms with Crippen molar-refractivity contribution in [2.24, 2.45) is 0 Å². The summed E-state index contributed by atoms with van der Waals surface area (Å²) in [6.07, 6.45) is 1.83. The molecule has 0 aliphatic heterocycles. The Bertz CT molecular complexity index is 532. The fourth-order valence-electron chi connectivity index (χ4n) is 1.77. The predicted molar refractivity (Wildman–Crippen MR) is 71.9 cm³/mol. The molecule has 1 aliphatic rings. The van der Waals surface area contributed by atoms with Gasteiger partial charge in [-0.15, -0.1) is 0 Å². The van der Waals surface area contributed by atoms with Crippen LogP contribution < -0.4 is 0 Å². The van der Waals surface area contributed by atoms with Gasteiger partial charge in [-0.05, 0) is 22.4 Å². The normalized spacial score (nSPS) is 14.8. The minimum absolute atomic E-state index is 0.132. The molecule has 4 heteroatoms. The largest absolute Gasteiger partial charge is 0.488 e. The van der Waals surface area contributed by atoms with Gasteiger partial charge in [-0.25, -0.2) is 0 Å². The minimum atomic E-state index is -0.229. The van der Waals surface area contributed by atoms with E-state index in [4.69, 9.17) is 4.74 Å². The number of benzene rings is 1. The number of halogens is 1. The number of allylic oxidation sites excluding steroid dienone is 2. The lowest BCUT2D eigenvalue weighted by atomic mass is 9.94. The van der Waals surface area contributed by atoms with Crippen LogP contribution in [0.5, 0.6) is 0 Å². The Morgan fingerprint density at radius 2 is 1.72 bits per heavy atom. The summed E-state index contributed by atoms with van der Waals surface area (Å²) < 4.78 is 5.66. The Hall–Kier alpha value is -1.42. The van der Waals surface area contributed by atoms with Gasteiger partial charge in [-0.1, -0.05) is 37.6 Å². The summed E-state index contributed by atoms with van der Waals surface area (Å²) in [4.78, 5) is 24.3. The number of ether oxygens (including phenoxy) is 1. The van der Waals surface area contributed by atoms with E-state index in [0.717, 1.165) is 12.8 Å². The van der Waals surface area contributed by atoms with Gasteiger partial charge >= 0.3 is 0 Å². The highest BCUT2D eigenvalue weighted by Crippen LogP contribution is 2.30. The molecule has 3 nitrogen and oxygen atoms in total. The lowest BCUT2D eigenvalue weighted by molar-refractivity contribution is 0.0878. The zero-order chi connectivity index (χ0) is 13.1. The topological polar surface area (TPSA) is 43.4 Å². The highest BCUT2D eigenvalue weighted by Gasteiger charge is 2.31. The van der Waals surface area contributed by atoms with Crippen LogP contribution in [0, 0.1) is 0 Å². The van der Waals surface area contributed by atoms with Crippen LogP contribution in [0.3, 0.4) is 0 Å². The van der Waals surface area contributed by atoms with Gasteiger partial charge in [0, 0.05) is 11.1 Å². The SMILES string of the molecule is CCCCOC1=C(Br)C(=O)c2ccccc2C1=O. The number of carbonyl (C=O) groups is 2. The van der Waals surface area contributed by atoms with Crippen LogP contribution in [0.15, 0.2) is 34.5 Å². The fourth-order valence-corrected chi connectivity index (χ4v) is 2.28. The second-order valence-corrected chi connectivity index (χ2v) is 4.84. The van der Waals surface area contributed by atoms with Crippen LogP contribution in [0.25, 0.3) is 0 Å². The molecule has 1 aromatic rings. The van der Waals surface area contributed by atoms with Gasteiger partial charge in [0.25, 0.3) is 0 Å². The molecular weight excluding hydrogens is 296 g/mol. The maximum Gasteiger partial charge on any atom is 0.229 e. The molecule has 0 aromatic heterocycles. The summed E-state index contributed by atoms with van der Waals surface area (Å²) in [6.45, 7) is 2.48. The van der Waals surface area contributed by atoms with Crippen molar-refractivity contribution >= 4 is 27.5 Å². The average Bonchev–Trinajstić information content (AvgIpc) is 2.40. The number of rotatable bonds is 4. The first-order chi connectivity index (χ1) is 8.66. The molecule has 0 atom stereocenters. The first-order valence-corrected chi connectivity index (χ1v) is 6.67. The van der Waals surface area contributed by atoms with Gasteiger partial charge in [0.1, 0.15) is 4.48 Å². The molecule has 0 bridgehead atoms. The van der Waals surface area contributed by atoms with Crippen molar-refractivity contribution in [3.05, 3.63) is 45.6 Å². The number of Topliss-reactive ketones (excluding diaryl/α,β-unsaturated/α-hetero) is 2. The molecule has 2 rings (SSSR count). The average molecular weight is 309 g/mol. The summed E-state index contributed by atoms with van der Waals surface area (Å²) >= 11 is 3.17. The summed E-state index contributed by atoms with van der Waals surface area (Å²) in [5.41, 5.74) is 0.842. The van der Waals surface area contributed by atoms with E-state index in [0.29, 0.717) is 17.7 Å². The third-order valence-electron chi connectivity index (χ3n) is 2.77. The second kappa shape index (κ2) is 5.48. The Labute approximate surface area is 114 Å². The molecule has 1 aromatic carbocycles. The zero-order valence-corrected chi connectivity index (χ0v) is 11.6. The number of ketones is 2. The van der Waals surface area contributed by atoms with E-state index in [1.807, 2.05) is 6.92 Å². The molecule has 0 unspecified atom stereocenters. The standard InChI is InChI=1S/C14H13BrO3/c1-2-3-8-18-14-11(15)12(16)9-6-4-5-7-10(9)13(14)17/h4-7H,2-3,8H2,1H3. The molecule has 94 valence electrons. The summed E-state index contributed by atoms with van der Waals surface area (Å²) in [5.74, 6) is -0.294. The molecule has 0 N–H and O–H groups in total. The minimum Gasteiger partial charge on any atom is -0.488 e. The lowest BCUT2D eigenvalue weighted by Crippen LogP contribution is -2.21. The highest BCUT2D eigenvalue weighted by molar-refractivity contribution is 9.12. The van der Waals surface area contributed by atoms with Gasteiger partial charge in [0.15, 0.2) is 5.76 Å². The van der Waals surface area contributed by atoms with Gasteiger partial charge in [-0.2, -0.15) is 0 Å². The molecule has 0 saturated carbocycles. The first kappa shape index (κ1) is 13.0. The van der Waals surface area contributed by atoms with Crippen LogP contribution in [-0.4, -0.2) is 18.2 Å². The van der Waals surface area contributed by atoms with Crippen LogP contribution in [-0.2, 0) is 4.74 Å². The summed E-state index contributed by atoms with van der Waals surface area (Å²) in [5, 5.41) is 0. The third-order valence-corrected chi connectivity index (χ3v) is 3.49. The van der Waals surface area contributed by atoms with Crippen LogP contribution in [0.2, 0.25) is 0 Å². The molecule has 0 amide bonds. The molecule has 18 heavy (non-hydrogen) atoms. The molecule has 0 saturated heterocycles. The van der Waals surface area contributed by atoms with Gasteiger partial charge in [0.05, 0.1) is 6.61 Å². The van der Waals surface area contributed by atoms with Gasteiger partial charge < -0.3 is 4.74 Å². The van der Waals surface area contributed by atoms with Crippen LogP contribution >= 0.6 is 15.9 Å². The van der Waals surface area contributed by atoms with Gasteiger partial charge in [0.2, 0.25) is 11.6 Å². The Kier molecular flexibility index (Phi) is 3.97. The summed E-state index contributed by atoms with van der Waals surface area (Å²) in [6, 6.07) is 6.79. The molecule has 0 fully saturated rings. The summed E-state index contributed by atoms with van der Waals surface area (Å²) in [7, 11) is 0. The third kappa shape index (κ3) is 2.25. The molecular formula is C14H13BrO3. The number of hydrogen-bond donors (Lipinski definition) is 0. The van der Waals surface area contributed by atoms with Crippen molar-refractivity contribution in [2.45, 2.75) is 19.8 Å². The Morgan fingerprint density at radius 1 is 1.11 bits per heavy atom. The van der Waals surface area contributed by atoms with Crippen molar-refractivity contribution in [2.75, 3.05) is 6.61 Å². The number of carbonyl (C=O) groups excluding carboxylic acids is 2. The molecule has 0 spiro atoms. The Morgan fingerprint density at radius 3 is 2.33 bits per heavy atom. The number of fused-ring (bicyclic) bond motifs is 1. The van der Waals surface area contributed by atoms with Crippen LogP contribution in [0.1, 0.15) is 40.5 Å². The van der Waals surface area contributed by atoms with E-state index < -0.39 is 0 Å². The molecule has 1 aliphatic carbocycles. The van der Waals surface area contributed by atoms with Crippen molar-refractivity contribution in [1.29, 1.82) is 0 Å². The number of unbranched alkanes of at least 4 members (excludes halogenated alkanes) is 1. The first-order valence-electron chi connectivity index (χ1n) is 5.87. The van der Waals surface area contributed by atoms with Crippen molar-refractivity contribution in [3.8, 4) is 0 Å². The number of hydrogen-bond acceptors (Lipinski definition) is 3. The van der Waals surface area contributed by atoms with Crippen LogP contribution in [0.4, 0.5) is 0 Å². The predicted octanol–water partition coefficient (Wildman–Crippen LogP) is 3.49. The lowest BCUT2D eigenvalue weighted by Gasteiger charge is -2.18. The smallest absolute Gasteiger partial charge is 0.229 e. The van der Waals surface area contributed by atoms with Gasteiger partial charge in [-0.3, -0.25) is 9.59 Å². The maximum atomic E-state index is 12.2. The molecule has 0 radical (unpaired) electrons. The van der Waals surface area contributed by atoms with Crippen molar-refractivity contribution < 1.29 is 14.3 Å². The van der Waals surface area contributed by atoms with E-state index in [1.54, 1.807) is 24.3 Å². The van der Waals surface area contributed by atoms with E-state index in [-0.39, 0.29) is 21.8 Å². The van der Waals surface area contributed by atoms with Crippen molar-refractivity contribution in [3.63, 3.8) is 0 Å². The maximum absolute atomic E-state index is 12.2. The monoisotopic (exact) mass is 308 g/mol. The zero-order valence-electron chi connectivity index (χ0n) is 10.0. The van der Waals surface area contributed by atoms with E-state index >= 15 is 0 Å². The van der Waals surface area contributed by atoms with E-state index in [2.05, 4.69) is 15.9 Å². The van der Waals surface area contributed by atoms with Crippen molar-refractivity contribution in [1.82, 2.24) is 0 Å². The fraction of sp³-hybridized carbons (Fsp3) is 0.286. The Balaban J connectivity index is 2.34. The quantitative estimate of drug-likeness (QED) is 0.800. The molecule has 0 heterocycles. The van der Waals surface area contributed by atoms with E-state index in [9.17, 15) is 9.59 Å². The highest BCUT2D eigenvalue weighted by atomic mass is 79.9. The van der Waals surface area contributed by atoms with E-state index in [1.165, 1.54) is 0 Å².